The van der Waals surface area contributed by atoms with Gasteiger partial charge in [-0.25, -0.2) is 4.90 Å². The van der Waals surface area contributed by atoms with E-state index in [9.17, 15) is 9.59 Å². The maximum atomic E-state index is 13.1. The molecule has 0 atom stereocenters. The lowest BCUT2D eigenvalue weighted by molar-refractivity contribution is 0.0926. The van der Waals surface area contributed by atoms with Crippen LogP contribution in [0.2, 0.25) is 0 Å². The number of anilines is 1. The Hall–Kier alpha value is -3.32. The number of benzene rings is 2. The van der Waals surface area contributed by atoms with Gasteiger partial charge >= 0.3 is 0 Å². The van der Waals surface area contributed by atoms with E-state index in [0.717, 1.165) is 25.2 Å². The SMILES string of the molecule is COc1cc(N2C(=O)c3ccc(OCC=C(C)C)cc3C2=O)ccc1OCCN1CCCC1. The molecule has 4 rings (SSSR count). The van der Waals surface area contributed by atoms with E-state index in [1.807, 2.05) is 19.9 Å². The number of ether oxygens (including phenoxy) is 3. The number of carbonyl (C=O) groups excluding carboxylic acids is 2. The van der Waals surface area contributed by atoms with E-state index in [0.29, 0.717) is 47.3 Å². The third kappa shape index (κ3) is 5.03. The van der Waals surface area contributed by atoms with Gasteiger partial charge in [0.05, 0.1) is 23.9 Å². The highest BCUT2D eigenvalue weighted by atomic mass is 16.5. The second-order valence-electron chi connectivity index (χ2n) is 8.48. The van der Waals surface area contributed by atoms with Crippen LogP contribution in [-0.4, -0.2) is 56.7 Å². The molecule has 174 valence electrons. The van der Waals surface area contributed by atoms with Crippen molar-refractivity contribution in [3.63, 3.8) is 0 Å². The van der Waals surface area contributed by atoms with Crippen molar-refractivity contribution in [2.45, 2.75) is 26.7 Å². The molecule has 2 aliphatic heterocycles. The lowest BCUT2D eigenvalue weighted by atomic mass is 10.1. The van der Waals surface area contributed by atoms with Crippen LogP contribution < -0.4 is 19.1 Å². The first-order valence-electron chi connectivity index (χ1n) is 11.3. The van der Waals surface area contributed by atoms with Gasteiger partial charge in [0.1, 0.15) is 19.0 Å². The molecule has 0 spiro atoms. The first-order valence-corrected chi connectivity index (χ1v) is 11.3. The zero-order valence-corrected chi connectivity index (χ0v) is 19.4. The summed E-state index contributed by atoms with van der Waals surface area (Å²) in [5.74, 6) is 0.875. The minimum atomic E-state index is -0.382. The number of imide groups is 1. The average Bonchev–Trinajstić information content (AvgIpc) is 3.40. The molecule has 2 heterocycles. The van der Waals surface area contributed by atoms with Gasteiger partial charge in [0.15, 0.2) is 11.5 Å². The second-order valence-corrected chi connectivity index (χ2v) is 8.48. The number of hydrogen-bond acceptors (Lipinski definition) is 6. The van der Waals surface area contributed by atoms with Gasteiger partial charge in [-0.2, -0.15) is 0 Å². The standard InChI is InChI=1S/C26H30N2O5/c1-18(2)10-14-32-20-7-8-21-22(17-20)26(30)28(25(21)29)19-6-9-23(24(16-19)31-3)33-15-13-27-11-4-5-12-27/h6-10,16-17H,4-5,11-15H2,1-3H3. The van der Waals surface area contributed by atoms with E-state index in [1.165, 1.54) is 17.7 Å². The average molecular weight is 451 g/mol. The summed E-state index contributed by atoms with van der Waals surface area (Å²) in [6.07, 6.45) is 4.43. The molecule has 33 heavy (non-hydrogen) atoms. The maximum Gasteiger partial charge on any atom is 0.266 e. The zero-order valence-electron chi connectivity index (χ0n) is 19.4. The van der Waals surface area contributed by atoms with E-state index < -0.39 is 0 Å². The lowest BCUT2D eigenvalue weighted by Gasteiger charge is -2.18. The molecule has 0 bridgehead atoms. The number of hydrogen-bond donors (Lipinski definition) is 0. The number of allylic oxidation sites excluding steroid dienone is 1. The molecule has 0 unspecified atom stereocenters. The Labute approximate surface area is 194 Å². The van der Waals surface area contributed by atoms with Crippen molar-refractivity contribution in [2.75, 3.05) is 44.9 Å². The molecule has 1 fully saturated rings. The molecule has 1 saturated heterocycles. The predicted octanol–water partition coefficient (Wildman–Crippen LogP) is 4.32. The Morgan fingerprint density at radius 2 is 1.70 bits per heavy atom. The minimum absolute atomic E-state index is 0.333. The van der Waals surface area contributed by atoms with Crippen molar-refractivity contribution < 1.29 is 23.8 Å². The highest BCUT2D eigenvalue weighted by Crippen LogP contribution is 2.36. The molecule has 2 aromatic rings. The molecule has 7 heteroatoms. The predicted molar refractivity (Wildman–Crippen MR) is 127 cm³/mol. The summed E-state index contributed by atoms with van der Waals surface area (Å²) in [4.78, 5) is 29.6. The second kappa shape index (κ2) is 10.1. The van der Waals surface area contributed by atoms with Crippen LogP contribution in [0, 0.1) is 0 Å². The van der Waals surface area contributed by atoms with Crippen LogP contribution in [0.25, 0.3) is 0 Å². The topological polar surface area (TPSA) is 68.3 Å². The largest absolute Gasteiger partial charge is 0.493 e. The van der Waals surface area contributed by atoms with Gasteiger partial charge in [0.25, 0.3) is 11.8 Å². The maximum absolute atomic E-state index is 13.1. The Kier molecular flexibility index (Phi) is 6.99. The fourth-order valence-electron chi connectivity index (χ4n) is 4.05. The van der Waals surface area contributed by atoms with Crippen LogP contribution >= 0.6 is 0 Å². The monoisotopic (exact) mass is 450 g/mol. The fourth-order valence-corrected chi connectivity index (χ4v) is 4.05. The summed E-state index contributed by atoms with van der Waals surface area (Å²) >= 11 is 0. The number of carbonyl (C=O) groups is 2. The van der Waals surface area contributed by atoms with Gasteiger partial charge in [0, 0.05) is 12.6 Å². The Bertz CT molecular complexity index is 1070. The summed E-state index contributed by atoms with van der Waals surface area (Å²) in [6, 6.07) is 10.1. The molecule has 7 nitrogen and oxygen atoms in total. The quantitative estimate of drug-likeness (QED) is 0.419. The molecule has 0 radical (unpaired) electrons. The fraction of sp³-hybridized carbons (Fsp3) is 0.385. The van der Waals surface area contributed by atoms with Crippen molar-refractivity contribution in [3.05, 3.63) is 59.2 Å². The third-order valence-corrected chi connectivity index (χ3v) is 5.87. The highest BCUT2D eigenvalue weighted by Gasteiger charge is 2.37. The van der Waals surface area contributed by atoms with Crippen molar-refractivity contribution >= 4 is 17.5 Å². The van der Waals surface area contributed by atoms with Gasteiger partial charge in [-0.3, -0.25) is 14.5 Å². The molecule has 0 N–H and O–H groups in total. The van der Waals surface area contributed by atoms with Crippen molar-refractivity contribution in [1.82, 2.24) is 4.90 Å². The lowest BCUT2D eigenvalue weighted by Crippen LogP contribution is -2.29. The number of fused-ring (bicyclic) bond motifs is 1. The molecule has 2 amide bonds. The van der Waals surface area contributed by atoms with Gasteiger partial charge in [-0.1, -0.05) is 5.57 Å². The number of rotatable bonds is 9. The van der Waals surface area contributed by atoms with Gasteiger partial charge < -0.3 is 14.2 Å². The molecular weight excluding hydrogens is 420 g/mol. The smallest absolute Gasteiger partial charge is 0.266 e. The number of methoxy groups -OCH3 is 1. The molecule has 0 aliphatic carbocycles. The van der Waals surface area contributed by atoms with Gasteiger partial charge in [0.2, 0.25) is 0 Å². The van der Waals surface area contributed by atoms with Crippen LogP contribution in [0.4, 0.5) is 5.69 Å². The van der Waals surface area contributed by atoms with Crippen LogP contribution in [0.1, 0.15) is 47.4 Å². The normalized spacial score (nSPS) is 15.5. The van der Waals surface area contributed by atoms with E-state index in [2.05, 4.69) is 4.90 Å². The summed E-state index contributed by atoms with van der Waals surface area (Å²) in [5.41, 5.74) is 2.28. The Balaban J connectivity index is 1.48. The summed E-state index contributed by atoms with van der Waals surface area (Å²) < 4.78 is 17.1. The van der Waals surface area contributed by atoms with Gasteiger partial charge in [-0.05, 0) is 76.2 Å². The number of nitrogens with zero attached hydrogens (tertiary/aromatic N) is 2. The van der Waals surface area contributed by atoms with E-state index in [1.54, 1.807) is 43.5 Å². The van der Waals surface area contributed by atoms with Crippen LogP contribution in [0.3, 0.4) is 0 Å². The molecule has 2 aliphatic rings. The van der Waals surface area contributed by atoms with Crippen molar-refractivity contribution in [1.29, 1.82) is 0 Å². The first kappa shape index (κ1) is 22.9. The van der Waals surface area contributed by atoms with Gasteiger partial charge in [-0.15, -0.1) is 0 Å². The van der Waals surface area contributed by atoms with E-state index in [4.69, 9.17) is 14.2 Å². The molecule has 0 saturated carbocycles. The summed E-state index contributed by atoms with van der Waals surface area (Å²) in [7, 11) is 1.55. The van der Waals surface area contributed by atoms with Crippen molar-refractivity contribution in [3.8, 4) is 17.2 Å². The summed E-state index contributed by atoms with van der Waals surface area (Å²) in [5, 5.41) is 0. The number of amides is 2. The first-order chi connectivity index (χ1) is 16.0. The molecular formula is C26H30N2O5. The Morgan fingerprint density at radius 3 is 2.42 bits per heavy atom. The van der Waals surface area contributed by atoms with Crippen LogP contribution in [0.15, 0.2) is 48.0 Å². The number of likely N-dealkylation sites (tertiary alicyclic amines) is 1. The van der Waals surface area contributed by atoms with Crippen LogP contribution in [-0.2, 0) is 0 Å². The Morgan fingerprint density at radius 1 is 0.939 bits per heavy atom. The minimum Gasteiger partial charge on any atom is -0.493 e. The molecule has 2 aromatic carbocycles. The summed E-state index contributed by atoms with van der Waals surface area (Å²) in [6.45, 7) is 8.03. The third-order valence-electron chi connectivity index (χ3n) is 5.87. The molecule has 0 aromatic heterocycles. The van der Waals surface area contributed by atoms with E-state index >= 15 is 0 Å². The van der Waals surface area contributed by atoms with E-state index in [-0.39, 0.29) is 11.8 Å². The highest BCUT2D eigenvalue weighted by molar-refractivity contribution is 6.34. The zero-order chi connectivity index (χ0) is 23.4. The van der Waals surface area contributed by atoms with Crippen LogP contribution in [0.5, 0.6) is 17.2 Å². The van der Waals surface area contributed by atoms with Crippen molar-refractivity contribution in [2.24, 2.45) is 0 Å².